The number of likely N-dealkylation sites (tertiary alicyclic amines) is 1. The lowest BCUT2D eigenvalue weighted by Crippen LogP contribution is -2.38. The van der Waals surface area contributed by atoms with Crippen LogP contribution < -0.4 is 5.73 Å². The van der Waals surface area contributed by atoms with Crippen LogP contribution in [0.15, 0.2) is 16.6 Å². The first-order valence-electron chi connectivity index (χ1n) is 6.80. The Morgan fingerprint density at radius 1 is 1.45 bits per heavy atom. The number of rotatable bonds is 1. The van der Waals surface area contributed by atoms with Gasteiger partial charge in [-0.05, 0) is 48.8 Å². The maximum absolute atomic E-state index is 13.6. The van der Waals surface area contributed by atoms with Gasteiger partial charge in [-0.3, -0.25) is 0 Å². The number of aromatic nitrogens is 2. The zero-order valence-electron chi connectivity index (χ0n) is 11.6. The molecule has 0 saturated carbocycles. The zero-order chi connectivity index (χ0) is 14.4. The normalized spacial score (nSPS) is 24.4. The summed E-state index contributed by atoms with van der Waals surface area (Å²) in [6, 6.07) is 4.04. The molecule has 6 heteroatoms. The molecule has 0 radical (unpaired) electrons. The molecule has 2 atom stereocenters. The van der Waals surface area contributed by atoms with Crippen LogP contribution in [0, 0.1) is 5.82 Å². The molecule has 3 rings (SSSR count). The predicted molar refractivity (Wildman–Crippen MR) is 82.2 cm³/mol. The average molecular weight is 341 g/mol. The Bertz CT molecular complexity index is 654. The lowest BCUT2D eigenvalue weighted by molar-refractivity contribution is 0.159. The van der Waals surface area contributed by atoms with E-state index in [1.165, 1.54) is 6.07 Å². The van der Waals surface area contributed by atoms with Crippen molar-refractivity contribution in [2.24, 2.45) is 0 Å². The standard InChI is InChI=1S/C14H18BrFN4/c1-8-5-9(3-4-19(8)2)20-13-6-10(15)11(16)7-12(13)18-14(20)17/h6-9H,3-5H2,1-2H3,(H2,17,18). The van der Waals surface area contributed by atoms with Crippen LogP contribution in [-0.2, 0) is 0 Å². The van der Waals surface area contributed by atoms with E-state index in [1.807, 2.05) is 0 Å². The van der Waals surface area contributed by atoms with Gasteiger partial charge < -0.3 is 15.2 Å². The Balaban J connectivity index is 2.07. The van der Waals surface area contributed by atoms with Gasteiger partial charge in [0.05, 0.1) is 15.5 Å². The van der Waals surface area contributed by atoms with E-state index in [0.29, 0.717) is 28.0 Å². The van der Waals surface area contributed by atoms with E-state index in [2.05, 4.69) is 44.4 Å². The number of benzene rings is 1. The van der Waals surface area contributed by atoms with Gasteiger partial charge in [0, 0.05) is 24.7 Å². The molecular weight excluding hydrogens is 323 g/mol. The number of nitrogens with two attached hydrogens (primary N) is 1. The number of piperidine rings is 1. The minimum absolute atomic E-state index is 0.307. The fraction of sp³-hybridized carbons (Fsp3) is 0.500. The van der Waals surface area contributed by atoms with Crippen molar-refractivity contribution >= 4 is 32.9 Å². The molecule has 0 bridgehead atoms. The molecule has 1 aliphatic rings. The smallest absolute Gasteiger partial charge is 0.201 e. The number of anilines is 1. The molecule has 1 saturated heterocycles. The lowest BCUT2D eigenvalue weighted by Gasteiger charge is -2.36. The van der Waals surface area contributed by atoms with Gasteiger partial charge in [0.1, 0.15) is 5.82 Å². The highest BCUT2D eigenvalue weighted by atomic mass is 79.9. The molecule has 0 amide bonds. The average Bonchev–Trinajstić information content (AvgIpc) is 2.69. The van der Waals surface area contributed by atoms with E-state index in [4.69, 9.17) is 5.73 Å². The number of hydrogen-bond donors (Lipinski definition) is 1. The van der Waals surface area contributed by atoms with Crippen LogP contribution in [-0.4, -0.2) is 34.1 Å². The monoisotopic (exact) mass is 340 g/mol. The van der Waals surface area contributed by atoms with Crippen LogP contribution in [0.4, 0.5) is 10.3 Å². The molecule has 0 aliphatic carbocycles. The van der Waals surface area contributed by atoms with Crippen molar-refractivity contribution in [3.05, 3.63) is 22.4 Å². The molecule has 2 aromatic rings. The maximum Gasteiger partial charge on any atom is 0.201 e. The number of imidazole rings is 1. The molecule has 1 aromatic heterocycles. The quantitative estimate of drug-likeness (QED) is 0.867. The Labute approximate surface area is 125 Å². The first kappa shape index (κ1) is 13.8. The highest BCUT2D eigenvalue weighted by Crippen LogP contribution is 2.33. The molecule has 1 fully saturated rings. The molecule has 1 aromatic carbocycles. The summed E-state index contributed by atoms with van der Waals surface area (Å²) in [5.41, 5.74) is 7.59. The van der Waals surface area contributed by atoms with Crippen LogP contribution in [0.5, 0.6) is 0 Å². The minimum atomic E-state index is -0.307. The van der Waals surface area contributed by atoms with Gasteiger partial charge in [-0.25, -0.2) is 9.37 Å². The predicted octanol–water partition coefficient (Wildman–Crippen LogP) is 3.18. The third kappa shape index (κ3) is 2.20. The van der Waals surface area contributed by atoms with Gasteiger partial charge in [-0.2, -0.15) is 0 Å². The second-order valence-electron chi connectivity index (χ2n) is 5.60. The first-order chi connectivity index (χ1) is 9.47. The number of halogens is 2. The van der Waals surface area contributed by atoms with Crippen molar-refractivity contribution in [2.45, 2.75) is 31.8 Å². The number of nitrogens with zero attached hydrogens (tertiary/aromatic N) is 3. The third-order valence-electron chi connectivity index (χ3n) is 4.30. The van der Waals surface area contributed by atoms with Gasteiger partial charge >= 0.3 is 0 Å². The van der Waals surface area contributed by atoms with Crippen LogP contribution in [0.1, 0.15) is 25.8 Å². The Morgan fingerprint density at radius 3 is 2.90 bits per heavy atom. The second-order valence-corrected chi connectivity index (χ2v) is 6.46. The summed E-state index contributed by atoms with van der Waals surface area (Å²) >= 11 is 3.24. The fourth-order valence-corrected chi connectivity index (χ4v) is 3.32. The van der Waals surface area contributed by atoms with Crippen LogP contribution in [0.2, 0.25) is 0 Å². The van der Waals surface area contributed by atoms with E-state index < -0.39 is 0 Å². The molecule has 1 aliphatic heterocycles. The van der Waals surface area contributed by atoms with Gasteiger partial charge in [0.2, 0.25) is 5.95 Å². The molecule has 0 spiro atoms. The van der Waals surface area contributed by atoms with E-state index in [9.17, 15) is 4.39 Å². The minimum Gasteiger partial charge on any atom is -0.369 e. The van der Waals surface area contributed by atoms with E-state index >= 15 is 0 Å². The summed E-state index contributed by atoms with van der Waals surface area (Å²) in [7, 11) is 2.14. The highest BCUT2D eigenvalue weighted by molar-refractivity contribution is 9.10. The van der Waals surface area contributed by atoms with Crippen LogP contribution in [0.25, 0.3) is 11.0 Å². The Hall–Kier alpha value is -1.14. The molecule has 2 unspecified atom stereocenters. The summed E-state index contributed by atoms with van der Waals surface area (Å²) in [6.07, 6.45) is 2.06. The number of hydrogen-bond acceptors (Lipinski definition) is 3. The molecule has 2 heterocycles. The maximum atomic E-state index is 13.6. The van der Waals surface area contributed by atoms with Gasteiger partial charge in [-0.15, -0.1) is 0 Å². The first-order valence-corrected chi connectivity index (χ1v) is 7.59. The van der Waals surface area contributed by atoms with Gasteiger partial charge in [-0.1, -0.05) is 0 Å². The fourth-order valence-electron chi connectivity index (χ4n) is 2.99. The zero-order valence-corrected chi connectivity index (χ0v) is 13.2. The summed E-state index contributed by atoms with van der Waals surface area (Å²) in [6.45, 7) is 3.25. The number of nitrogen functional groups attached to an aromatic ring is 1. The Kier molecular flexibility index (Phi) is 3.46. The van der Waals surface area contributed by atoms with Crippen molar-refractivity contribution in [3.63, 3.8) is 0 Å². The van der Waals surface area contributed by atoms with Crippen LogP contribution >= 0.6 is 15.9 Å². The SMILES string of the molecule is CC1CC(n2c(N)nc3cc(F)c(Br)cc32)CCN1C. The van der Waals surface area contributed by atoms with E-state index in [1.54, 1.807) is 6.07 Å². The van der Waals surface area contributed by atoms with Crippen molar-refractivity contribution in [3.8, 4) is 0 Å². The lowest BCUT2D eigenvalue weighted by atomic mass is 9.98. The second kappa shape index (κ2) is 5.00. The van der Waals surface area contributed by atoms with E-state index in [-0.39, 0.29) is 5.82 Å². The molecular formula is C14H18BrFN4. The van der Waals surface area contributed by atoms with Crippen molar-refractivity contribution < 1.29 is 4.39 Å². The summed E-state index contributed by atoms with van der Waals surface area (Å²) in [5.74, 6) is 0.165. The number of fused-ring (bicyclic) bond motifs is 1. The third-order valence-corrected chi connectivity index (χ3v) is 4.91. The molecule has 108 valence electrons. The largest absolute Gasteiger partial charge is 0.369 e. The topological polar surface area (TPSA) is 47.1 Å². The Morgan fingerprint density at radius 2 is 2.20 bits per heavy atom. The molecule has 4 nitrogen and oxygen atoms in total. The van der Waals surface area contributed by atoms with Gasteiger partial charge in [0.25, 0.3) is 0 Å². The summed E-state index contributed by atoms with van der Waals surface area (Å²) in [5, 5.41) is 0. The van der Waals surface area contributed by atoms with Crippen molar-refractivity contribution in [1.29, 1.82) is 0 Å². The van der Waals surface area contributed by atoms with Crippen molar-refractivity contribution in [2.75, 3.05) is 19.3 Å². The molecule has 2 N–H and O–H groups in total. The molecule has 20 heavy (non-hydrogen) atoms. The van der Waals surface area contributed by atoms with E-state index in [0.717, 1.165) is 24.9 Å². The van der Waals surface area contributed by atoms with Gasteiger partial charge in [0.15, 0.2) is 0 Å². The summed E-state index contributed by atoms with van der Waals surface area (Å²) in [4.78, 5) is 6.65. The summed E-state index contributed by atoms with van der Waals surface area (Å²) < 4.78 is 16.1. The van der Waals surface area contributed by atoms with Crippen molar-refractivity contribution in [1.82, 2.24) is 14.5 Å². The highest BCUT2D eigenvalue weighted by Gasteiger charge is 2.26. The van der Waals surface area contributed by atoms with Crippen LogP contribution in [0.3, 0.4) is 0 Å².